The average Bonchev–Trinajstić information content (AvgIpc) is 2.44. The van der Waals surface area contributed by atoms with Crippen LogP contribution in [0, 0.1) is 0 Å². The number of benzene rings is 1. The molecular formula is C15H23N3O3. The molecule has 0 saturated heterocycles. The van der Waals surface area contributed by atoms with Gasteiger partial charge in [-0.2, -0.15) is 0 Å². The van der Waals surface area contributed by atoms with Crippen molar-refractivity contribution in [3.63, 3.8) is 0 Å². The maximum Gasteiger partial charge on any atom is 0.340 e. The number of para-hydroxylation sites is 1. The van der Waals surface area contributed by atoms with Gasteiger partial charge in [0, 0.05) is 13.1 Å². The molecule has 0 radical (unpaired) electrons. The number of hydrogen-bond donors (Lipinski definition) is 2. The van der Waals surface area contributed by atoms with Crippen molar-refractivity contribution < 1.29 is 14.3 Å². The van der Waals surface area contributed by atoms with Crippen molar-refractivity contribution >= 4 is 17.6 Å². The quantitative estimate of drug-likeness (QED) is 0.552. The van der Waals surface area contributed by atoms with Gasteiger partial charge in [-0.3, -0.25) is 4.79 Å². The number of amides is 1. The van der Waals surface area contributed by atoms with Gasteiger partial charge >= 0.3 is 5.97 Å². The van der Waals surface area contributed by atoms with Gasteiger partial charge in [0.2, 0.25) is 5.91 Å². The van der Waals surface area contributed by atoms with Crippen LogP contribution in [0.15, 0.2) is 24.3 Å². The summed E-state index contributed by atoms with van der Waals surface area (Å²) in [5, 5.41) is 5.76. The Morgan fingerprint density at radius 3 is 2.62 bits per heavy atom. The average molecular weight is 293 g/mol. The van der Waals surface area contributed by atoms with E-state index in [1.54, 1.807) is 31.2 Å². The zero-order chi connectivity index (χ0) is 15.7. The summed E-state index contributed by atoms with van der Waals surface area (Å²) in [7, 11) is 3.94. The number of rotatable bonds is 8. The molecule has 0 aliphatic heterocycles. The SMILES string of the molecule is CCOC(=O)c1ccccc1NC(=O)CNCCN(C)C. The van der Waals surface area contributed by atoms with Gasteiger partial charge in [-0.05, 0) is 33.2 Å². The highest BCUT2D eigenvalue weighted by molar-refractivity contribution is 6.01. The number of nitrogens with one attached hydrogen (secondary N) is 2. The maximum atomic E-state index is 11.9. The lowest BCUT2D eigenvalue weighted by atomic mass is 10.2. The van der Waals surface area contributed by atoms with Gasteiger partial charge in [-0.1, -0.05) is 12.1 Å². The van der Waals surface area contributed by atoms with E-state index in [1.165, 1.54) is 0 Å². The number of carbonyl (C=O) groups excluding carboxylic acids is 2. The second-order valence-electron chi connectivity index (χ2n) is 4.79. The fraction of sp³-hybridized carbons (Fsp3) is 0.467. The Kier molecular flexibility index (Phi) is 7.42. The first-order chi connectivity index (χ1) is 10.0. The van der Waals surface area contributed by atoms with Crippen LogP contribution in [0.5, 0.6) is 0 Å². The van der Waals surface area contributed by atoms with Crippen molar-refractivity contribution in [1.82, 2.24) is 10.2 Å². The molecule has 21 heavy (non-hydrogen) atoms. The molecule has 0 heterocycles. The standard InChI is InChI=1S/C15H23N3O3/c1-4-21-15(20)12-7-5-6-8-13(12)17-14(19)11-16-9-10-18(2)3/h5-8,16H,4,9-11H2,1-3H3,(H,17,19). The van der Waals surface area contributed by atoms with E-state index in [0.717, 1.165) is 13.1 Å². The van der Waals surface area contributed by atoms with E-state index in [-0.39, 0.29) is 12.5 Å². The summed E-state index contributed by atoms with van der Waals surface area (Å²) in [4.78, 5) is 25.7. The first-order valence-electron chi connectivity index (χ1n) is 6.96. The molecule has 0 aromatic heterocycles. The monoisotopic (exact) mass is 293 g/mol. The van der Waals surface area contributed by atoms with E-state index in [9.17, 15) is 9.59 Å². The van der Waals surface area contributed by atoms with E-state index in [4.69, 9.17) is 4.74 Å². The van der Waals surface area contributed by atoms with Crippen molar-refractivity contribution in [3.8, 4) is 0 Å². The Labute approximate surface area is 125 Å². The summed E-state index contributed by atoms with van der Waals surface area (Å²) in [6.45, 7) is 3.82. The molecule has 1 aromatic rings. The van der Waals surface area contributed by atoms with Crippen molar-refractivity contribution in [2.45, 2.75) is 6.92 Å². The molecule has 0 fully saturated rings. The molecule has 6 nitrogen and oxygen atoms in total. The maximum absolute atomic E-state index is 11.9. The van der Waals surface area contributed by atoms with E-state index in [0.29, 0.717) is 17.9 Å². The van der Waals surface area contributed by atoms with Crippen LogP contribution in [-0.4, -0.2) is 57.1 Å². The second-order valence-corrected chi connectivity index (χ2v) is 4.79. The van der Waals surface area contributed by atoms with Gasteiger partial charge in [0.25, 0.3) is 0 Å². The lowest BCUT2D eigenvalue weighted by molar-refractivity contribution is -0.115. The fourth-order valence-corrected chi connectivity index (χ4v) is 1.68. The molecule has 0 spiro atoms. The number of carbonyl (C=O) groups is 2. The minimum absolute atomic E-state index is 0.189. The fourth-order valence-electron chi connectivity index (χ4n) is 1.68. The van der Waals surface area contributed by atoms with Crippen molar-refractivity contribution in [3.05, 3.63) is 29.8 Å². The predicted octanol–water partition coefficient (Wildman–Crippen LogP) is 0.953. The van der Waals surface area contributed by atoms with Gasteiger partial charge in [-0.25, -0.2) is 4.79 Å². The van der Waals surface area contributed by atoms with Crippen LogP contribution in [0.25, 0.3) is 0 Å². The van der Waals surface area contributed by atoms with E-state index in [2.05, 4.69) is 10.6 Å². The van der Waals surface area contributed by atoms with Crippen molar-refractivity contribution in [2.24, 2.45) is 0 Å². The van der Waals surface area contributed by atoms with E-state index in [1.807, 2.05) is 19.0 Å². The van der Waals surface area contributed by atoms with Crippen LogP contribution in [0.4, 0.5) is 5.69 Å². The zero-order valence-electron chi connectivity index (χ0n) is 12.8. The van der Waals surface area contributed by atoms with Gasteiger partial charge in [-0.15, -0.1) is 0 Å². The molecule has 1 amide bonds. The molecule has 2 N–H and O–H groups in total. The number of nitrogens with zero attached hydrogens (tertiary/aromatic N) is 1. The van der Waals surface area contributed by atoms with Gasteiger partial charge in [0.1, 0.15) is 0 Å². The minimum atomic E-state index is -0.436. The number of likely N-dealkylation sites (N-methyl/N-ethyl adjacent to an activating group) is 1. The van der Waals surface area contributed by atoms with Crippen LogP contribution < -0.4 is 10.6 Å². The van der Waals surface area contributed by atoms with Crippen LogP contribution in [0.3, 0.4) is 0 Å². The molecular weight excluding hydrogens is 270 g/mol. The molecule has 0 bridgehead atoms. The first-order valence-corrected chi connectivity index (χ1v) is 6.96. The van der Waals surface area contributed by atoms with Crippen LogP contribution in [0.2, 0.25) is 0 Å². The third kappa shape index (κ3) is 6.37. The Morgan fingerprint density at radius 1 is 1.24 bits per heavy atom. The zero-order valence-corrected chi connectivity index (χ0v) is 12.8. The summed E-state index contributed by atoms with van der Waals surface area (Å²) >= 11 is 0. The molecule has 0 saturated carbocycles. The van der Waals surface area contributed by atoms with Crippen LogP contribution in [0.1, 0.15) is 17.3 Å². The Bertz CT molecular complexity index is 475. The van der Waals surface area contributed by atoms with Gasteiger partial charge < -0.3 is 20.3 Å². The number of esters is 1. The molecule has 1 aromatic carbocycles. The third-order valence-corrected chi connectivity index (χ3v) is 2.72. The number of hydrogen-bond acceptors (Lipinski definition) is 5. The lowest BCUT2D eigenvalue weighted by Gasteiger charge is -2.12. The smallest absolute Gasteiger partial charge is 0.340 e. The summed E-state index contributed by atoms with van der Waals surface area (Å²) in [6, 6.07) is 6.81. The molecule has 0 unspecified atom stereocenters. The topological polar surface area (TPSA) is 70.7 Å². The number of anilines is 1. The third-order valence-electron chi connectivity index (χ3n) is 2.72. The van der Waals surface area contributed by atoms with Crippen LogP contribution in [-0.2, 0) is 9.53 Å². The predicted molar refractivity (Wildman–Crippen MR) is 82.5 cm³/mol. The highest BCUT2D eigenvalue weighted by atomic mass is 16.5. The van der Waals surface area contributed by atoms with Gasteiger partial charge in [0.15, 0.2) is 0 Å². The summed E-state index contributed by atoms with van der Waals surface area (Å²) < 4.78 is 4.96. The Morgan fingerprint density at radius 2 is 1.95 bits per heavy atom. The summed E-state index contributed by atoms with van der Waals surface area (Å²) in [6.07, 6.45) is 0. The number of ether oxygens (including phenoxy) is 1. The lowest BCUT2D eigenvalue weighted by Crippen LogP contribution is -2.33. The summed E-state index contributed by atoms with van der Waals surface area (Å²) in [5.41, 5.74) is 0.830. The van der Waals surface area contributed by atoms with Crippen LogP contribution >= 0.6 is 0 Å². The van der Waals surface area contributed by atoms with E-state index >= 15 is 0 Å². The Balaban J connectivity index is 2.54. The largest absolute Gasteiger partial charge is 0.462 e. The van der Waals surface area contributed by atoms with E-state index < -0.39 is 5.97 Å². The highest BCUT2D eigenvalue weighted by Crippen LogP contribution is 2.15. The molecule has 6 heteroatoms. The Hall–Kier alpha value is -1.92. The normalized spacial score (nSPS) is 10.5. The molecule has 0 aliphatic carbocycles. The second kappa shape index (κ2) is 9.10. The van der Waals surface area contributed by atoms with Gasteiger partial charge in [0.05, 0.1) is 24.4 Å². The molecule has 0 aliphatic rings. The molecule has 116 valence electrons. The highest BCUT2D eigenvalue weighted by Gasteiger charge is 2.13. The minimum Gasteiger partial charge on any atom is -0.462 e. The van der Waals surface area contributed by atoms with Crippen molar-refractivity contribution in [2.75, 3.05) is 45.7 Å². The van der Waals surface area contributed by atoms with Crippen molar-refractivity contribution in [1.29, 1.82) is 0 Å². The molecule has 0 atom stereocenters. The summed E-state index contributed by atoms with van der Waals surface area (Å²) in [5.74, 6) is -0.625. The first kappa shape index (κ1) is 17.1. The molecule has 1 rings (SSSR count).